The number of amides is 1. The number of hydrogen-bond donors (Lipinski definition) is 1. The molecular formula is C12H23N3O. The van der Waals surface area contributed by atoms with Gasteiger partial charge in [-0.2, -0.15) is 0 Å². The summed E-state index contributed by atoms with van der Waals surface area (Å²) in [5.41, 5.74) is 0. The molecule has 0 aromatic heterocycles. The Morgan fingerprint density at radius 1 is 1.19 bits per heavy atom. The first kappa shape index (κ1) is 11.9. The molecule has 0 radical (unpaired) electrons. The lowest BCUT2D eigenvalue weighted by Crippen LogP contribution is -2.49. The van der Waals surface area contributed by atoms with E-state index in [9.17, 15) is 4.79 Å². The van der Waals surface area contributed by atoms with Crippen LogP contribution in [0.3, 0.4) is 0 Å². The van der Waals surface area contributed by atoms with Crippen molar-refractivity contribution in [1.82, 2.24) is 15.1 Å². The van der Waals surface area contributed by atoms with E-state index in [1.165, 1.54) is 12.8 Å². The molecule has 4 heteroatoms. The van der Waals surface area contributed by atoms with E-state index in [1.54, 1.807) is 0 Å². The zero-order chi connectivity index (χ0) is 11.4. The number of piperazine rings is 1. The highest BCUT2D eigenvalue weighted by Gasteiger charge is 2.22. The van der Waals surface area contributed by atoms with Gasteiger partial charge in [0.15, 0.2) is 0 Å². The zero-order valence-electron chi connectivity index (χ0n) is 10.2. The molecule has 0 aromatic carbocycles. The minimum Gasteiger partial charge on any atom is -0.342 e. The molecule has 0 unspecified atom stereocenters. The minimum absolute atomic E-state index is 0.328. The van der Waals surface area contributed by atoms with Crippen LogP contribution in [0.4, 0.5) is 0 Å². The Balaban J connectivity index is 1.74. The molecule has 0 atom stereocenters. The Labute approximate surface area is 98.0 Å². The first-order valence-electron chi connectivity index (χ1n) is 6.46. The molecule has 0 aromatic rings. The summed E-state index contributed by atoms with van der Waals surface area (Å²) in [6.45, 7) is 8.88. The van der Waals surface area contributed by atoms with Gasteiger partial charge < -0.3 is 10.2 Å². The van der Waals surface area contributed by atoms with Crippen molar-refractivity contribution in [2.45, 2.75) is 19.8 Å². The van der Waals surface area contributed by atoms with Crippen LogP contribution in [0.15, 0.2) is 0 Å². The summed E-state index contributed by atoms with van der Waals surface area (Å²) < 4.78 is 0. The summed E-state index contributed by atoms with van der Waals surface area (Å²) in [5, 5.41) is 3.31. The van der Waals surface area contributed by atoms with Gasteiger partial charge in [0.05, 0.1) is 6.54 Å². The lowest BCUT2D eigenvalue weighted by Gasteiger charge is -2.33. The third-order valence-corrected chi connectivity index (χ3v) is 3.70. The minimum atomic E-state index is 0.328. The molecule has 2 aliphatic rings. The number of piperidine rings is 1. The SMILES string of the molecule is CC1CCN(C(=O)CN2CCNCC2)CC1. The van der Waals surface area contributed by atoms with Crippen LogP contribution in [0.25, 0.3) is 0 Å². The number of carbonyl (C=O) groups is 1. The van der Waals surface area contributed by atoms with Crippen molar-refractivity contribution in [3.05, 3.63) is 0 Å². The molecule has 2 heterocycles. The molecule has 1 amide bonds. The predicted molar refractivity (Wildman–Crippen MR) is 64.3 cm³/mol. The van der Waals surface area contributed by atoms with Gasteiger partial charge in [0, 0.05) is 39.3 Å². The van der Waals surface area contributed by atoms with E-state index in [1.807, 2.05) is 4.90 Å². The second-order valence-electron chi connectivity index (χ2n) is 5.09. The maximum Gasteiger partial charge on any atom is 0.236 e. The molecule has 92 valence electrons. The monoisotopic (exact) mass is 225 g/mol. The number of likely N-dealkylation sites (tertiary alicyclic amines) is 1. The molecular weight excluding hydrogens is 202 g/mol. The summed E-state index contributed by atoms with van der Waals surface area (Å²) in [6.07, 6.45) is 2.35. The van der Waals surface area contributed by atoms with Crippen LogP contribution in [-0.2, 0) is 4.79 Å². The van der Waals surface area contributed by atoms with E-state index >= 15 is 0 Å². The van der Waals surface area contributed by atoms with E-state index in [2.05, 4.69) is 17.1 Å². The molecule has 16 heavy (non-hydrogen) atoms. The molecule has 2 fully saturated rings. The fourth-order valence-electron chi connectivity index (χ4n) is 2.42. The van der Waals surface area contributed by atoms with Gasteiger partial charge in [0.1, 0.15) is 0 Å². The van der Waals surface area contributed by atoms with Crippen molar-refractivity contribution in [3.8, 4) is 0 Å². The fourth-order valence-corrected chi connectivity index (χ4v) is 2.42. The third-order valence-electron chi connectivity index (χ3n) is 3.70. The lowest BCUT2D eigenvalue weighted by atomic mass is 9.99. The standard InChI is InChI=1S/C12H23N3O/c1-11-2-6-15(7-3-11)12(16)10-14-8-4-13-5-9-14/h11,13H,2-10H2,1H3. The quantitative estimate of drug-likeness (QED) is 0.726. The van der Waals surface area contributed by atoms with E-state index in [-0.39, 0.29) is 0 Å². The molecule has 4 nitrogen and oxygen atoms in total. The second-order valence-corrected chi connectivity index (χ2v) is 5.09. The van der Waals surface area contributed by atoms with Crippen molar-refractivity contribution < 1.29 is 4.79 Å². The van der Waals surface area contributed by atoms with Crippen LogP contribution in [0.5, 0.6) is 0 Å². The average Bonchev–Trinajstić information content (AvgIpc) is 2.31. The predicted octanol–water partition coefficient (Wildman–Crippen LogP) is 0.150. The largest absolute Gasteiger partial charge is 0.342 e. The van der Waals surface area contributed by atoms with Crippen molar-refractivity contribution in [3.63, 3.8) is 0 Å². The van der Waals surface area contributed by atoms with Crippen molar-refractivity contribution in [1.29, 1.82) is 0 Å². The molecule has 2 rings (SSSR count). The van der Waals surface area contributed by atoms with Gasteiger partial charge in [-0.25, -0.2) is 0 Å². The van der Waals surface area contributed by atoms with Crippen LogP contribution in [0.2, 0.25) is 0 Å². The Morgan fingerprint density at radius 2 is 1.81 bits per heavy atom. The van der Waals surface area contributed by atoms with E-state index in [4.69, 9.17) is 0 Å². The third kappa shape index (κ3) is 3.19. The summed E-state index contributed by atoms with van der Waals surface area (Å²) in [4.78, 5) is 16.3. The Bertz CT molecular complexity index is 230. The topological polar surface area (TPSA) is 35.6 Å². The normalized spacial score (nSPS) is 24.7. The van der Waals surface area contributed by atoms with Crippen molar-refractivity contribution in [2.75, 3.05) is 45.8 Å². The van der Waals surface area contributed by atoms with E-state index < -0.39 is 0 Å². The smallest absolute Gasteiger partial charge is 0.236 e. The summed E-state index contributed by atoms with van der Waals surface area (Å²) in [7, 11) is 0. The fraction of sp³-hybridized carbons (Fsp3) is 0.917. The van der Waals surface area contributed by atoms with E-state index in [0.717, 1.165) is 45.2 Å². The molecule has 0 bridgehead atoms. The molecule has 0 aliphatic carbocycles. The van der Waals surface area contributed by atoms with Crippen LogP contribution in [0.1, 0.15) is 19.8 Å². The molecule has 1 N–H and O–H groups in total. The van der Waals surface area contributed by atoms with Gasteiger partial charge in [0.25, 0.3) is 0 Å². The highest BCUT2D eigenvalue weighted by atomic mass is 16.2. The highest BCUT2D eigenvalue weighted by Crippen LogP contribution is 2.16. The van der Waals surface area contributed by atoms with Crippen LogP contribution in [0, 0.1) is 5.92 Å². The summed E-state index contributed by atoms with van der Waals surface area (Å²) in [5.74, 6) is 1.12. The Kier molecular flexibility index (Phi) is 4.18. The van der Waals surface area contributed by atoms with Crippen LogP contribution in [-0.4, -0.2) is 61.5 Å². The number of rotatable bonds is 2. The molecule has 0 spiro atoms. The maximum absolute atomic E-state index is 12.0. The van der Waals surface area contributed by atoms with Crippen LogP contribution < -0.4 is 5.32 Å². The van der Waals surface area contributed by atoms with E-state index in [0.29, 0.717) is 12.5 Å². The van der Waals surface area contributed by atoms with Gasteiger partial charge in [-0.1, -0.05) is 6.92 Å². The number of nitrogens with one attached hydrogen (secondary N) is 1. The van der Waals surface area contributed by atoms with Crippen molar-refractivity contribution in [2.24, 2.45) is 5.92 Å². The van der Waals surface area contributed by atoms with Crippen LogP contribution >= 0.6 is 0 Å². The molecule has 0 saturated carbocycles. The molecule has 2 aliphatic heterocycles. The summed E-state index contributed by atoms with van der Waals surface area (Å²) >= 11 is 0. The Hall–Kier alpha value is -0.610. The summed E-state index contributed by atoms with van der Waals surface area (Å²) in [6, 6.07) is 0. The van der Waals surface area contributed by atoms with Gasteiger partial charge in [-0.3, -0.25) is 9.69 Å². The molecule has 2 saturated heterocycles. The Morgan fingerprint density at radius 3 is 2.44 bits per heavy atom. The zero-order valence-corrected chi connectivity index (χ0v) is 10.2. The van der Waals surface area contributed by atoms with Crippen molar-refractivity contribution >= 4 is 5.91 Å². The lowest BCUT2D eigenvalue weighted by molar-refractivity contribution is -0.133. The van der Waals surface area contributed by atoms with Gasteiger partial charge in [0.2, 0.25) is 5.91 Å². The first-order chi connectivity index (χ1) is 7.75. The first-order valence-corrected chi connectivity index (χ1v) is 6.46. The van der Waals surface area contributed by atoms with Gasteiger partial charge in [-0.15, -0.1) is 0 Å². The number of hydrogen-bond acceptors (Lipinski definition) is 3. The number of nitrogens with zero attached hydrogens (tertiary/aromatic N) is 2. The second kappa shape index (κ2) is 5.64. The average molecular weight is 225 g/mol. The highest BCUT2D eigenvalue weighted by molar-refractivity contribution is 5.78. The van der Waals surface area contributed by atoms with Gasteiger partial charge >= 0.3 is 0 Å². The maximum atomic E-state index is 12.0. The number of carbonyl (C=O) groups excluding carboxylic acids is 1. The van der Waals surface area contributed by atoms with Gasteiger partial charge in [-0.05, 0) is 18.8 Å².